The molecule has 1 unspecified atom stereocenters. The average molecular weight is 283 g/mol. The van der Waals surface area contributed by atoms with Gasteiger partial charge in [-0.15, -0.1) is 0 Å². The van der Waals surface area contributed by atoms with E-state index in [0.717, 1.165) is 38.1 Å². The molecule has 1 heterocycles. The molecular weight excluding hydrogens is 264 g/mol. The van der Waals surface area contributed by atoms with Crippen molar-refractivity contribution in [3.8, 4) is 0 Å². The van der Waals surface area contributed by atoms with Crippen LogP contribution in [-0.2, 0) is 4.79 Å². The Kier molecular flexibility index (Phi) is 4.54. The van der Waals surface area contributed by atoms with Crippen LogP contribution in [0.15, 0.2) is 12.1 Å². The number of carbonyl (C=O) groups is 1. The predicted molar refractivity (Wildman–Crippen MR) is 74.8 cm³/mol. The molecule has 6 heteroatoms. The van der Waals surface area contributed by atoms with Crippen molar-refractivity contribution >= 4 is 17.3 Å². The van der Waals surface area contributed by atoms with Crippen molar-refractivity contribution in [1.29, 1.82) is 0 Å². The number of carbonyl (C=O) groups excluding carboxylic acids is 1. The lowest BCUT2D eigenvalue weighted by Crippen LogP contribution is -2.40. The van der Waals surface area contributed by atoms with E-state index in [0.29, 0.717) is 0 Å². The molecule has 0 aromatic heterocycles. The molecule has 1 amide bonds. The first-order valence-electron chi connectivity index (χ1n) is 6.74. The number of halogens is 2. The number of anilines is 2. The van der Waals surface area contributed by atoms with E-state index >= 15 is 0 Å². The standard InChI is InChI=1S/C14H19F2N3O/c1-9(19-5-3-4-6-19)14(20)18-10-7-11(15)13(17-2)12(16)8-10/h7-9,17H,3-6H2,1-2H3,(H,18,20). The summed E-state index contributed by atoms with van der Waals surface area (Å²) in [6.45, 7) is 3.57. The lowest BCUT2D eigenvalue weighted by Gasteiger charge is -2.22. The van der Waals surface area contributed by atoms with Crippen LogP contribution in [0.1, 0.15) is 19.8 Å². The van der Waals surface area contributed by atoms with Gasteiger partial charge in [0, 0.05) is 12.7 Å². The third kappa shape index (κ3) is 3.07. The van der Waals surface area contributed by atoms with Crippen molar-refractivity contribution in [2.45, 2.75) is 25.8 Å². The van der Waals surface area contributed by atoms with Crippen molar-refractivity contribution in [3.63, 3.8) is 0 Å². The van der Waals surface area contributed by atoms with Crippen LogP contribution in [0.3, 0.4) is 0 Å². The summed E-state index contributed by atoms with van der Waals surface area (Å²) in [5, 5.41) is 5.00. The van der Waals surface area contributed by atoms with Crippen LogP contribution in [0.2, 0.25) is 0 Å². The number of nitrogens with zero attached hydrogens (tertiary/aromatic N) is 1. The van der Waals surface area contributed by atoms with E-state index in [9.17, 15) is 13.6 Å². The Balaban J connectivity index is 2.07. The lowest BCUT2D eigenvalue weighted by atomic mass is 10.2. The van der Waals surface area contributed by atoms with E-state index in [2.05, 4.69) is 15.5 Å². The quantitative estimate of drug-likeness (QED) is 0.892. The molecule has 20 heavy (non-hydrogen) atoms. The minimum absolute atomic E-state index is 0.134. The van der Waals surface area contributed by atoms with E-state index in [4.69, 9.17) is 0 Å². The highest BCUT2D eigenvalue weighted by molar-refractivity contribution is 5.94. The molecule has 1 aromatic rings. The summed E-state index contributed by atoms with van der Waals surface area (Å²) >= 11 is 0. The number of hydrogen-bond donors (Lipinski definition) is 2. The van der Waals surface area contributed by atoms with Crippen molar-refractivity contribution in [3.05, 3.63) is 23.8 Å². The Hall–Kier alpha value is -1.69. The summed E-state index contributed by atoms with van der Waals surface area (Å²) in [5.74, 6) is -1.70. The molecule has 4 nitrogen and oxygen atoms in total. The first kappa shape index (κ1) is 14.7. The van der Waals surface area contributed by atoms with Crippen LogP contribution in [-0.4, -0.2) is 37.0 Å². The number of likely N-dealkylation sites (tertiary alicyclic amines) is 1. The number of rotatable bonds is 4. The number of nitrogens with one attached hydrogen (secondary N) is 2. The van der Waals surface area contributed by atoms with Crippen molar-refractivity contribution in [1.82, 2.24) is 4.90 Å². The van der Waals surface area contributed by atoms with Crippen LogP contribution in [0.25, 0.3) is 0 Å². The Morgan fingerprint density at radius 3 is 2.30 bits per heavy atom. The van der Waals surface area contributed by atoms with Crippen LogP contribution in [0.4, 0.5) is 20.2 Å². The van der Waals surface area contributed by atoms with Gasteiger partial charge in [0.1, 0.15) is 5.69 Å². The van der Waals surface area contributed by atoms with Gasteiger partial charge in [0.05, 0.1) is 6.04 Å². The first-order valence-corrected chi connectivity index (χ1v) is 6.74. The second kappa shape index (κ2) is 6.17. The van der Waals surface area contributed by atoms with Gasteiger partial charge in [0.2, 0.25) is 5.91 Å². The summed E-state index contributed by atoms with van der Waals surface area (Å²) < 4.78 is 27.2. The monoisotopic (exact) mass is 283 g/mol. The van der Waals surface area contributed by atoms with Gasteiger partial charge in [0.15, 0.2) is 11.6 Å². The molecule has 2 N–H and O–H groups in total. The van der Waals surface area contributed by atoms with Gasteiger partial charge in [0.25, 0.3) is 0 Å². The van der Waals surface area contributed by atoms with Gasteiger partial charge in [-0.2, -0.15) is 0 Å². The zero-order valence-corrected chi connectivity index (χ0v) is 11.7. The van der Waals surface area contributed by atoms with E-state index < -0.39 is 11.6 Å². The minimum Gasteiger partial charge on any atom is -0.383 e. The van der Waals surface area contributed by atoms with E-state index in [1.54, 1.807) is 6.92 Å². The SMILES string of the molecule is CNc1c(F)cc(NC(=O)C(C)N2CCCC2)cc1F. The molecule has 0 bridgehead atoms. The summed E-state index contributed by atoms with van der Waals surface area (Å²) in [4.78, 5) is 14.1. The normalized spacial score (nSPS) is 17.0. The average Bonchev–Trinajstić information content (AvgIpc) is 2.91. The third-order valence-electron chi connectivity index (χ3n) is 3.63. The van der Waals surface area contributed by atoms with Crippen molar-refractivity contribution in [2.24, 2.45) is 0 Å². The summed E-state index contributed by atoms with van der Waals surface area (Å²) in [5.41, 5.74) is -0.0642. The zero-order valence-electron chi connectivity index (χ0n) is 11.7. The molecule has 2 rings (SSSR count). The fraction of sp³-hybridized carbons (Fsp3) is 0.500. The van der Waals surface area contributed by atoms with Crippen molar-refractivity contribution in [2.75, 3.05) is 30.8 Å². The van der Waals surface area contributed by atoms with Gasteiger partial charge in [-0.25, -0.2) is 8.78 Å². The molecular formula is C14H19F2N3O. The molecule has 0 spiro atoms. The van der Waals surface area contributed by atoms with Gasteiger partial charge in [-0.3, -0.25) is 9.69 Å². The minimum atomic E-state index is -0.725. The van der Waals surface area contributed by atoms with Gasteiger partial charge >= 0.3 is 0 Å². The second-order valence-electron chi connectivity index (χ2n) is 4.97. The highest BCUT2D eigenvalue weighted by atomic mass is 19.1. The van der Waals surface area contributed by atoms with Gasteiger partial charge in [-0.05, 0) is 45.0 Å². The molecule has 110 valence electrons. The Morgan fingerprint density at radius 1 is 1.25 bits per heavy atom. The molecule has 0 saturated carbocycles. The molecule has 1 aliphatic rings. The Morgan fingerprint density at radius 2 is 1.80 bits per heavy atom. The molecule has 1 aliphatic heterocycles. The summed E-state index contributed by atoms with van der Waals surface area (Å²) in [6, 6.07) is 1.93. The number of hydrogen-bond acceptors (Lipinski definition) is 3. The highest BCUT2D eigenvalue weighted by Crippen LogP contribution is 2.23. The molecule has 1 saturated heterocycles. The largest absolute Gasteiger partial charge is 0.383 e. The van der Waals surface area contributed by atoms with Crippen LogP contribution in [0, 0.1) is 11.6 Å². The fourth-order valence-electron chi connectivity index (χ4n) is 2.43. The van der Waals surface area contributed by atoms with E-state index in [-0.39, 0.29) is 23.3 Å². The second-order valence-corrected chi connectivity index (χ2v) is 4.97. The van der Waals surface area contributed by atoms with Crippen LogP contribution in [0.5, 0.6) is 0 Å². The first-order chi connectivity index (χ1) is 9.52. The maximum atomic E-state index is 13.6. The van der Waals surface area contributed by atoms with Gasteiger partial charge < -0.3 is 10.6 Å². The number of benzene rings is 1. The topological polar surface area (TPSA) is 44.4 Å². The Bertz CT molecular complexity index is 478. The molecule has 1 atom stereocenters. The zero-order chi connectivity index (χ0) is 14.7. The molecule has 1 aromatic carbocycles. The third-order valence-corrected chi connectivity index (χ3v) is 3.63. The van der Waals surface area contributed by atoms with Crippen LogP contribution < -0.4 is 10.6 Å². The summed E-state index contributed by atoms with van der Waals surface area (Å²) in [6.07, 6.45) is 2.16. The van der Waals surface area contributed by atoms with Crippen molar-refractivity contribution < 1.29 is 13.6 Å². The van der Waals surface area contributed by atoms with E-state index in [1.165, 1.54) is 7.05 Å². The maximum absolute atomic E-state index is 13.6. The van der Waals surface area contributed by atoms with Crippen LogP contribution >= 0.6 is 0 Å². The van der Waals surface area contributed by atoms with Gasteiger partial charge in [-0.1, -0.05) is 0 Å². The predicted octanol–water partition coefficient (Wildman–Crippen LogP) is 2.43. The molecule has 0 aliphatic carbocycles. The smallest absolute Gasteiger partial charge is 0.241 e. The highest BCUT2D eigenvalue weighted by Gasteiger charge is 2.24. The molecule has 1 fully saturated rings. The lowest BCUT2D eigenvalue weighted by molar-refractivity contribution is -0.120. The number of amides is 1. The molecule has 0 radical (unpaired) electrons. The summed E-state index contributed by atoms with van der Waals surface area (Å²) in [7, 11) is 1.44. The maximum Gasteiger partial charge on any atom is 0.241 e. The Labute approximate surface area is 117 Å². The fourth-order valence-corrected chi connectivity index (χ4v) is 2.43. The van der Waals surface area contributed by atoms with E-state index in [1.807, 2.05) is 0 Å².